The molecule has 2 rings (SSSR count). The number of amides is 1. The Morgan fingerprint density at radius 1 is 1.35 bits per heavy atom. The Kier molecular flexibility index (Phi) is 7.91. The monoisotopic (exact) mass is 372 g/mol. The summed E-state index contributed by atoms with van der Waals surface area (Å²) in [6, 6.07) is 6.09. The summed E-state index contributed by atoms with van der Waals surface area (Å²) >= 11 is 1.42. The second-order valence-corrected chi connectivity index (χ2v) is 7.14. The normalized spacial score (nSPS) is 10.7. The maximum absolute atomic E-state index is 12.4. The van der Waals surface area contributed by atoms with Crippen molar-refractivity contribution in [1.82, 2.24) is 14.8 Å². The van der Waals surface area contributed by atoms with E-state index in [1.165, 1.54) is 11.8 Å². The van der Waals surface area contributed by atoms with E-state index in [4.69, 9.17) is 0 Å². The Labute approximate surface area is 160 Å². The fourth-order valence-electron chi connectivity index (χ4n) is 2.77. The average molecular weight is 373 g/mol. The number of rotatable bonds is 10. The van der Waals surface area contributed by atoms with Crippen molar-refractivity contribution in [2.24, 2.45) is 0 Å². The number of carbonyl (C=O) groups is 1. The molecule has 0 unspecified atom stereocenters. The van der Waals surface area contributed by atoms with Crippen molar-refractivity contribution in [2.75, 3.05) is 11.1 Å². The van der Waals surface area contributed by atoms with E-state index in [9.17, 15) is 4.79 Å². The number of unbranched alkanes of at least 4 members (excludes halogenated alkanes) is 1. The predicted octanol–water partition coefficient (Wildman–Crippen LogP) is 4.41. The van der Waals surface area contributed by atoms with E-state index in [1.54, 1.807) is 0 Å². The third-order valence-electron chi connectivity index (χ3n) is 4.20. The standard InChI is InChI=1S/C20H28N4OS/c1-5-8-12-17-22-23-20(24(17)13-6-2)26-14-18(25)21-19-15(4)10-9-11-16(19)7-3/h6,9-11H,2,5,7-8,12-14H2,1,3-4H3,(H,21,25). The largest absolute Gasteiger partial charge is 0.325 e. The fourth-order valence-corrected chi connectivity index (χ4v) is 3.53. The van der Waals surface area contributed by atoms with Crippen molar-refractivity contribution in [2.45, 2.75) is 58.2 Å². The molecule has 6 heteroatoms. The molecule has 0 aliphatic carbocycles. The topological polar surface area (TPSA) is 59.8 Å². The molecule has 26 heavy (non-hydrogen) atoms. The molecule has 1 N–H and O–H groups in total. The number of nitrogens with one attached hydrogen (secondary N) is 1. The summed E-state index contributed by atoms with van der Waals surface area (Å²) < 4.78 is 2.05. The molecular formula is C20H28N4OS. The van der Waals surface area contributed by atoms with Crippen LogP contribution in [0.2, 0.25) is 0 Å². The Bertz CT molecular complexity index is 754. The number of allylic oxidation sites excluding steroid dienone is 1. The van der Waals surface area contributed by atoms with Gasteiger partial charge in [0.25, 0.3) is 0 Å². The van der Waals surface area contributed by atoms with Crippen molar-refractivity contribution in [3.63, 3.8) is 0 Å². The molecule has 1 aromatic carbocycles. The molecular weight excluding hydrogens is 344 g/mol. The smallest absolute Gasteiger partial charge is 0.234 e. The highest BCUT2D eigenvalue weighted by atomic mass is 32.2. The maximum Gasteiger partial charge on any atom is 0.234 e. The molecule has 0 spiro atoms. The van der Waals surface area contributed by atoms with Crippen LogP contribution >= 0.6 is 11.8 Å². The summed E-state index contributed by atoms with van der Waals surface area (Å²) in [6.07, 6.45) is 5.81. The first-order chi connectivity index (χ1) is 12.6. The van der Waals surface area contributed by atoms with Gasteiger partial charge in [0, 0.05) is 18.7 Å². The van der Waals surface area contributed by atoms with Gasteiger partial charge in [0.1, 0.15) is 5.82 Å². The lowest BCUT2D eigenvalue weighted by Crippen LogP contribution is -2.16. The maximum atomic E-state index is 12.4. The van der Waals surface area contributed by atoms with Gasteiger partial charge in [-0.15, -0.1) is 16.8 Å². The summed E-state index contributed by atoms with van der Waals surface area (Å²) in [5, 5.41) is 12.4. The van der Waals surface area contributed by atoms with Gasteiger partial charge in [-0.05, 0) is 30.9 Å². The minimum Gasteiger partial charge on any atom is -0.325 e. The number of para-hydroxylation sites is 1. The van der Waals surface area contributed by atoms with Gasteiger partial charge in [0.2, 0.25) is 5.91 Å². The van der Waals surface area contributed by atoms with Crippen LogP contribution in [-0.4, -0.2) is 26.4 Å². The number of aryl methyl sites for hydroxylation is 3. The molecule has 1 amide bonds. The first kappa shape index (κ1) is 20.2. The van der Waals surface area contributed by atoms with E-state index in [-0.39, 0.29) is 5.91 Å². The fraction of sp³-hybridized carbons (Fsp3) is 0.450. The summed E-state index contributed by atoms with van der Waals surface area (Å²) in [7, 11) is 0. The van der Waals surface area contributed by atoms with Crippen LogP contribution in [0, 0.1) is 6.92 Å². The van der Waals surface area contributed by atoms with Gasteiger partial charge in [-0.3, -0.25) is 4.79 Å². The minimum atomic E-state index is -0.0257. The lowest BCUT2D eigenvalue weighted by Gasteiger charge is -2.13. The second kappa shape index (κ2) is 10.2. The minimum absolute atomic E-state index is 0.0257. The molecule has 5 nitrogen and oxygen atoms in total. The zero-order valence-corrected chi connectivity index (χ0v) is 16.7. The molecule has 0 aliphatic rings. The molecule has 0 fully saturated rings. The molecule has 1 heterocycles. The zero-order valence-electron chi connectivity index (χ0n) is 15.9. The van der Waals surface area contributed by atoms with Crippen LogP contribution in [0.3, 0.4) is 0 Å². The first-order valence-corrected chi connectivity index (χ1v) is 10.1. The van der Waals surface area contributed by atoms with Crippen molar-refractivity contribution in [1.29, 1.82) is 0 Å². The molecule has 1 aromatic heterocycles. The first-order valence-electron chi connectivity index (χ1n) is 9.14. The average Bonchev–Trinajstić information content (AvgIpc) is 3.02. The highest BCUT2D eigenvalue weighted by Crippen LogP contribution is 2.23. The summed E-state index contributed by atoms with van der Waals surface area (Å²) in [5.74, 6) is 1.24. The number of hydrogen-bond donors (Lipinski definition) is 1. The van der Waals surface area contributed by atoms with Gasteiger partial charge in [-0.2, -0.15) is 0 Å². The number of thioether (sulfide) groups is 1. The molecule has 0 atom stereocenters. The van der Waals surface area contributed by atoms with Crippen LogP contribution in [0.25, 0.3) is 0 Å². The molecule has 0 bridgehead atoms. The van der Waals surface area contributed by atoms with Gasteiger partial charge in [0.15, 0.2) is 5.16 Å². The number of anilines is 1. The SMILES string of the molecule is C=CCn1c(CCCC)nnc1SCC(=O)Nc1c(C)cccc1CC. The van der Waals surface area contributed by atoms with E-state index >= 15 is 0 Å². The molecule has 0 aliphatic heterocycles. The molecule has 140 valence electrons. The van der Waals surface area contributed by atoms with Gasteiger partial charge < -0.3 is 9.88 Å². The van der Waals surface area contributed by atoms with Crippen LogP contribution in [0.15, 0.2) is 36.0 Å². The molecule has 2 aromatic rings. The third-order valence-corrected chi connectivity index (χ3v) is 5.16. The predicted molar refractivity (Wildman–Crippen MR) is 109 cm³/mol. The van der Waals surface area contributed by atoms with Gasteiger partial charge in [-0.1, -0.05) is 56.3 Å². The van der Waals surface area contributed by atoms with Gasteiger partial charge in [0.05, 0.1) is 5.75 Å². The van der Waals surface area contributed by atoms with Crippen LogP contribution in [0.4, 0.5) is 5.69 Å². The number of nitrogens with zero attached hydrogens (tertiary/aromatic N) is 3. The van der Waals surface area contributed by atoms with Gasteiger partial charge in [-0.25, -0.2) is 0 Å². The third kappa shape index (κ3) is 5.21. The number of benzene rings is 1. The highest BCUT2D eigenvalue weighted by molar-refractivity contribution is 7.99. The summed E-state index contributed by atoms with van der Waals surface area (Å²) in [5.41, 5.74) is 3.16. The van der Waals surface area contributed by atoms with E-state index in [0.29, 0.717) is 12.3 Å². The van der Waals surface area contributed by atoms with Crippen LogP contribution < -0.4 is 5.32 Å². The number of hydrogen-bond acceptors (Lipinski definition) is 4. The molecule has 0 saturated carbocycles. The van der Waals surface area contributed by atoms with Crippen LogP contribution in [0.5, 0.6) is 0 Å². The summed E-state index contributed by atoms with van der Waals surface area (Å²) in [4.78, 5) is 12.4. The number of carbonyl (C=O) groups excluding carboxylic acids is 1. The zero-order chi connectivity index (χ0) is 18.9. The van der Waals surface area contributed by atoms with E-state index in [2.05, 4.69) is 42.0 Å². The van der Waals surface area contributed by atoms with Crippen molar-refractivity contribution < 1.29 is 4.79 Å². The highest BCUT2D eigenvalue weighted by Gasteiger charge is 2.14. The lowest BCUT2D eigenvalue weighted by molar-refractivity contribution is -0.113. The van der Waals surface area contributed by atoms with Crippen molar-refractivity contribution >= 4 is 23.4 Å². The van der Waals surface area contributed by atoms with Crippen molar-refractivity contribution in [3.05, 3.63) is 47.8 Å². The Morgan fingerprint density at radius 2 is 2.15 bits per heavy atom. The van der Waals surface area contributed by atoms with Gasteiger partial charge >= 0.3 is 0 Å². The van der Waals surface area contributed by atoms with Crippen LogP contribution in [0.1, 0.15) is 43.6 Å². The van der Waals surface area contributed by atoms with E-state index in [1.807, 2.05) is 29.7 Å². The summed E-state index contributed by atoms with van der Waals surface area (Å²) in [6.45, 7) is 10.7. The molecule has 0 saturated heterocycles. The Morgan fingerprint density at radius 3 is 2.85 bits per heavy atom. The van der Waals surface area contributed by atoms with Crippen LogP contribution in [-0.2, 0) is 24.2 Å². The Balaban J connectivity index is 2.03. The molecule has 0 radical (unpaired) electrons. The van der Waals surface area contributed by atoms with E-state index < -0.39 is 0 Å². The lowest BCUT2D eigenvalue weighted by atomic mass is 10.1. The quantitative estimate of drug-likeness (QED) is 0.496. The second-order valence-electron chi connectivity index (χ2n) is 6.20. The van der Waals surface area contributed by atoms with Crippen molar-refractivity contribution in [3.8, 4) is 0 Å². The number of aromatic nitrogens is 3. The van der Waals surface area contributed by atoms with E-state index in [0.717, 1.165) is 53.5 Å². The Hall–Kier alpha value is -2.08.